The van der Waals surface area contributed by atoms with Crippen molar-refractivity contribution >= 4 is 27.0 Å². The van der Waals surface area contributed by atoms with Crippen molar-refractivity contribution in [3.63, 3.8) is 0 Å². The molecule has 108 valence electrons. The Bertz CT molecular complexity index is 658. The molecule has 1 aliphatic heterocycles. The van der Waals surface area contributed by atoms with Crippen LogP contribution >= 0.6 is 15.9 Å². The first kappa shape index (κ1) is 13.9. The van der Waals surface area contributed by atoms with Crippen molar-refractivity contribution in [2.75, 3.05) is 6.61 Å². The Balaban J connectivity index is 1.77. The second kappa shape index (κ2) is 5.71. The Morgan fingerprint density at radius 1 is 1.40 bits per heavy atom. The number of aliphatic hydroxyl groups is 1. The molecule has 1 fully saturated rings. The van der Waals surface area contributed by atoms with E-state index in [4.69, 9.17) is 4.74 Å². The largest absolute Gasteiger partial charge is 0.388 e. The van der Waals surface area contributed by atoms with E-state index in [2.05, 4.69) is 25.9 Å². The first-order valence-corrected chi connectivity index (χ1v) is 7.64. The van der Waals surface area contributed by atoms with Gasteiger partial charge in [0.15, 0.2) is 0 Å². The number of rotatable bonds is 4. The van der Waals surface area contributed by atoms with Gasteiger partial charge >= 0.3 is 5.69 Å². The first-order chi connectivity index (χ1) is 9.63. The van der Waals surface area contributed by atoms with Gasteiger partial charge in [0.1, 0.15) is 0 Å². The molecule has 1 aliphatic rings. The van der Waals surface area contributed by atoms with Crippen LogP contribution in [0.4, 0.5) is 0 Å². The number of nitrogens with one attached hydrogen (secondary N) is 2. The van der Waals surface area contributed by atoms with Crippen molar-refractivity contribution in [1.29, 1.82) is 0 Å². The van der Waals surface area contributed by atoms with Gasteiger partial charge in [-0.2, -0.15) is 0 Å². The summed E-state index contributed by atoms with van der Waals surface area (Å²) >= 11 is 3.45. The lowest BCUT2D eigenvalue weighted by atomic mass is 10.0. The molecule has 0 aliphatic carbocycles. The summed E-state index contributed by atoms with van der Waals surface area (Å²) in [6, 6.07) is 3.63. The van der Waals surface area contributed by atoms with Crippen molar-refractivity contribution in [3.05, 3.63) is 32.7 Å². The summed E-state index contributed by atoms with van der Waals surface area (Å²) in [7, 11) is 0. The van der Waals surface area contributed by atoms with Crippen LogP contribution in [0, 0.1) is 0 Å². The fraction of sp³-hybridized carbons (Fsp3) is 0.500. The summed E-state index contributed by atoms with van der Waals surface area (Å²) in [6.07, 6.45) is 3.42. The smallest absolute Gasteiger partial charge is 0.323 e. The lowest BCUT2D eigenvalue weighted by Gasteiger charge is -2.15. The second-order valence-corrected chi connectivity index (χ2v) is 6.08. The van der Waals surface area contributed by atoms with E-state index in [1.165, 1.54) is 0 Å². The summed E-state index contributed by atoms with van der Waals surface area (Å²) in [6.45, 7) is 0.834. The third-order valence-electron chi connectivity index (χ3n) is 3.78. The van der Waals surface area contributed by atoms with Gasteiger partial charge in [-0.1, -0.05) is 15.9 Å². The monoisotopic (exact) mass is 340 g/mol. The van der Waals surface area contributed by atoms with Crippen molar-refractivity contribution in [1.82, 2.24) is 9.97 Å². The highest BCUT2D eigenvalue weighted by Crippen LogP contribution is 2.31. The van der Waals surface area contributed by atoms with Gasteiger partial charge in [-0.05, 0) is 43.4 Å². The van der Waals surface area contributed by atoms with Gasteiger partial charge in [0.25, 0.3) is 0 Å². The molecule has 20 heavy (non-hydrogen) atoms. The van der Waals surface area contributed by atoms with Gasteiger partial charge in [0.2, 0.25) is 0 Å². The average molecular weight is 341 g/mol. The number of benzene rings is 1. The number of aliphatic hydroxyl groups excluding tert-OH is 1. The standard InChI is InChI=1S/C14H17BrN2O3/c15-10-7-12-11(16-14(19)17-12)6-9(10)13(18)4-3-8-2-1-5-20-8/h6-8,13,18H,1-5H2,(H2,16,17,19). The zero-order valence-corrected chi connectivity index (χ0v) is 12.6. The molecule has 3 rings (SSSR count). The predicted molar refractivity (Wildman–Crippen MR) is 79.8 cm³/mol. The van der Waals surface area contributed by atoms with Crippen LogP contribution in [0.2, 0.25) is 0 Å². The minimum atomic E-state index is -0.559. The van der Waals surface area contributed by atoms with E-state index in [0.29, 0.717) is 11.9 Å². The summed E-state index contributed by atoms with van der Waals surface area (Å²) in [4.78, 5) is 16.7. The third kappa shape index (κ3) is 2.82. The molecular weight excluding hydrogens is 324 g/mol. The minimum Gasteiger partial charge on any atom is -0.388 e. The van der Waals surface area contributed by atoms with Gasteiger partial charge in [-0.3, -0.25) is 0 Å². The van der Waals surface area contributed by atoms with Crippen LogP contribution in [0.5, 0.6) is 0 Å². The number of imidazole rings is 1. The normalized spacial score (nSPS) is 20.6. The van der Waals surface area contributed by atoms with Crippen LogP contribution in [-0.4, -0.2) is 27.8 Å². The fourth-order valence-corrected chi connectivity index (χ4v) is 3.31. The number of hydrogen-bond acceptors (Lipinski definition) is 3. The number of halogens is 1. The number of hydrogen-bond donors (Lipinski definition) is 3. The molecule has 1 aromatic carbocycles. The number of aromatic amines is 2. The van der Waals surface area contributed by atoms with Crippen LogP contribution in [0.25, 0.3) is 11.0 Å². The van der Waals surface area contributed by atoms with Crippen LogP contribution in [0.15, 0.2) is 21.4 Å². The van der Waals surface area contributed by atoms with Crippen molar-refractivity contribution in [2.45, 2.75) is 37.9 Å². The summed E-state index contributed by atoms with van der Waals surface area (Å²) in [5.41, 5.74) is 2.00. The van der Waals surface area contributed by atoms with Crippen LogP contribution in [0.3, 0.4) is 0 Å². The Labute approximate surface area is 124 Å². The molecule has 0 radical (unpaired) electrons. The van der Waals surface area contributed by atoms with Crippen LogP contribution < -0.4 is 5.69 Å². The molecule has 6 heteroatoms. The molecule has 1 saturated heterocycles. The number of fused-ring (bicyclic) bond motifs is 1. The Morgan fingerprint density at radius 3 is 2.85 bits per heavy atom. The van der Waals surface area contributed by atoms with Crippen molar-refractivity contribution < 1.29 is 9.84 Å². The van der Waals surface area contributed by atoms with Gasteiger partial charge in [0.05, 0.1) is 23.2 Å². The van der Waals surface area contributed by atoms with Crippen LogP contribution in [0.1, 0.15) is 37.4 Å². The van der Waals surface area contributed by atoms with Gasteiger partial charge in [-0.15, -0.1) is 0 Å². The van der Waals surface area contributed by atoms with E-state index >= 15 is 0 Å². The van der Waals surface area contributed by atoms with Gasteiger partial charge in [0, 0.05) is 11.1 Å². The molecular formula is C14H17BrN2O3. The molecule has 0 saturated carbocycles. The second-order valence-electron chi connectivity index (χ2n) is 5.23. The number of aromatic nitrogens is 2. The zero-order valence-electron chi connectivity index (χ0n) is 11.0. The van der Waals surface area contributed by atoms with Crippen LogP contribution in [-0.2, 0) is 4.74 Å². The predicted octanol–water partition coefficient (Wildman–Crippen LogP) is 2.61. The summed E-state index contributed by atoms with van der Waals surface area (Å²) in [5.74, 6) is 0. The molecule has 5 nitrogen and oxygen atoms in total. The molecule has 2 unspecified atom stereocenters. The molecule has 2 atom stereocenters. The highest BCUT2D eigenvalue weighted by atomic mass is 79.9. The van der Waals surface area contributed by atoms with E-state index in [0.717, 1.165) is 41.4 Å². The maximum absolute atomic E-state index is 11.3. The first-order valence-electron chi connectivity index (χ1n) is 6.84. The van der Waals surface area contributed by atoms with Gasteiger partial charge < -0.3 is 19.8 Å². The number of ether oxygens (including phenoxy) is 1. The highest BCUT2D eigenvalue weighted by Gasteiger charge is 2.19. The van der Waals surface area contributed by atoms with Gasteiger partial charge in [-0.25, -0.2) is 4.79 Å². The average Bonchev–Trinajstić information content (AvgIpc) is 3.03. The van der Waals surface area contributed by atoms with E-state index in [9.17, 15) is 9.90 Å². The van der Waals surface area contributed by atoms with E-state index in [1.54, 1.807) is 0 Å². The molecule has 0 spiro atoms. The summed E-state index contributed by atoms with van der Waals surface area (Å²) in [5, 5.41) is 10.3. The third-order valence-corrected chi connectivity index (χ3v) is 4.47. The molecule has 1 aromatic heterocycles. The number of H-pyrrole nitrogens is 2. The lowest BCUT2D eigenvalue weighted by Crippen LogP contribution is -2.08. The van der Waals surface area contributed by atoms with Crippen molar-refractivity contribution in [2.24, 2.45) is 0 Å². The van der Waals surface area contributed by atoms with E-state index in [-0.39, 0.29) is 11.8 Å². The van der Waals surface area contributed by atoms with E-state index in [1.807, 2.05) is 12.1 Å². The Kier molecular flexibility index (Phi) is 3.96. The van der Waals surface area contributed by atoms with E-state index < -0.39 is 6.10 Å². The Hall–Kier alpha value is -1.11. The Morgan fingerprint density at radius 2 is 2.15 bits per heavy atom. The molecule has 0 bridgehead atoms. The maximum atomic E-state index is 11.3. The zero-order chi connectivity index (χ0) is 14.1. The maximum Gasteiger partial charge on any atom is 0.323 e. The fourth-order valence-electron chi connectivity index (χ4n) is 2.70. The molecule has 2 heterocycles. The lowest BCUT2D eigenvalue weighted by molar-refractivity contribution is 0.0811. The minimum absolute atomic E-state index is 0.238. The summed E-state index contributed by atoms with van der Waals surface area (Å²) < 4.78 is 6.37. The highest BCUT2D eigenvalue weighted by molar-refractivity contribution is 9.10. The molecule has 0 amide bonds. The quantitative estimate of drug-likeness (QED) is 0.800. The molecule has 3 N–H and O–H groups in total. The SMILES string of the molecule is O=c1[nH]c2cc(Br)c(C(O)CCC3CCCO3)cc2[nH]1. The molecule has 2 aromatic rings. The van der Waals surface area contributed by atoms with Crippen molar-refractivity contribution in [3.8, 4) is 0 Å². The topological polar surface area (TPSA) is 78.1 Å².